The Hall–Kier alpha value is -0.0700. The van der Waals surface area contributed by atoms with Gasteiger partial charge in [0.15, 0.2) is 0 Å². The monoisotopic (exact) mass is 196 g/mol. The zero-order chi connectivity index (χ0) is 8.48. The third-order valence-corrected chi connectivity index (χ3v) is 1.99. The fraction of sp³-hybridized carbons (Fsp3) is 0. The molecule has 1 rings (SSSR count). The molecule has 0 bridgehead atoms. The molecule has 12 heavy (non-hydrogen) atoms. The molecule has 0 atom stereocenters. The summed E-state index contributed by atoms with van der Waals surface area (Å²) in [5.74, 6) is -0.294. The molecule has 6 heteroatoms. The maximum absolute atomic E-state index is 10.5. The van der Waals surface area contributed by atoms with E-state index >= 15 is 0 Å². The molecule has 0 aromatic heterocycles. The van der Waals surface area contributed by atoms with E-state index in [0.29, 0.717) is 0 Å². The molecule has 0 spiro atoms. The standard InChI is InChI=1S/C6H6O4S.Na/c7-5-1-3-6(4-2-5)11(8,9)10;/h1-4,7H,(H,8,9,10);/q;+1/p-1. The summed E-state index contributed by atoms with van der Waals surface area (Å²) >= 11 is 0. The molecular weight excluding hydrogens is 191 g/mol. The van der Waals surface area contributed by atoms with Gasteiger partial charge in [-0.05, 0) is 12.1 Å². The first-order valence-electron chi connectivity index (χ1n) is 2.75. The van der Waals surface area contributed by atoms with Crippen LogP contribution in [-0.4, -0.2) is 13.0 Å². The van der Waals surface area contributed by atoms with Gasteiger partial charge >= 0.3 is 29.6 Å². The number of rotatable bonds is 1. The van der Waals surface area contributed by atoms with Gasteiger partial charge in [0.2, 0.25) is 0 Å². The molecule has 1 aromatic carbocycles. The Morgan fingerprint density at radius 1 is 1.17 bits per heavy atom. The number of benzene rings is 1. The molecule has 0 unspecified atom stereocenters. The average molecular weight is 196 g/mol. The van der Waals surface area contributed by atoms with E-state index in [1.165, 1.54) is 0 Å². The second kappa shape index (κ2) is 4.25. The maximum atomic E-state index is 10.5. The third-order valence-electron chi connectivity index (χ3n) is 1.12. The SMILES string of the molecule is O=S(=O)(O)c1ccc([O-])cc1.[Na+]. The molecule has 60 valence electrons. The predicted molar refractivity (Wildman–Crippen MR) is 35.7 cm³/mol. The van der Waals surface area contributed by atoms with Crippen LogP contribution in [0.2, 0.25) is 0 Å². The van der Waals surface area contributed by atoms with Crippen LogP contribution in [0.1, 0.15) is 0 Å². The molecule has 0 saturated heterocycles. The zero-order valence-electron chi connectivity index (χ0n) is 6.39. The quantitative estimate of drug-likeness (QED) is 0.384. The van der Waals surface area contributed by atoms with Crippen molar-refractivity contribution >= 4 is 10.1 Å². The topological polar surface area (TPSA) is 77.4 Å². The second-order valence-electron chi connectivity index (χ2n) is 1.95. The number of hydrogen-bond acceptors (Lipinski definition) is 3. The summed E-state index contributed by atoms with van der Waals surface area (Å²) in [4.78, 5) is -0.267. The van der Waals surface area contributed by atoms with Crippen LogP contribution in [0, 0.1) is 0 Å². The van der Waals surface area contributed by atoms with Crippen LogP contribution in [0.15, 0.2) is 29.2 Å². The Morgan fingerprint density at radius 2 is 1.58 bits per heavy atom. The summed E-state index contributed by atoms with van der Waals surface area (Å²) in [5.41, 5.74) is 0. The van der Waals surface area contributed by atoms with E-state index < -0.39 is 10.1 Å². The normalized spacial score (nSPS) is 10.4. The van der Waals surface area contributed by atoms with Crippen molar-refractivity contribution in [1.82, 2.24) is 0 Å². The molecule has 0 amide bonds. The molecule has 0 aliphatic rings. The molecule has 1 aromatic rings. The first-order chi connectivity index (χ1) is 5.00. The third kappa shape index (κ3) is 3.12. The Kier molecular flexibility index (Phi) is 4.22. The molecule has 0 aliphatic carbocycles. The minimum Gasteiger partial charge on any atom is -0.872 e. The summed E-state index contributed by atoms with van der Waals surface area (Å²) < 4.78 is 29.2. The van der Waals surface area contributed by atoms with Crippen LogP contribution in [-0.2, 0) is 10.1 Å². The predicted octanol–water partition coefficient (Wildman–Crippen LogP) is -2.99. The van der Waals surface area contributed by atoms with Crippen LogP contribution in [0.3, 0.4) is 0 Å². The van der Waals surface area contributed by atoms with Crippen molar-refractivity contribution in [2.75, 3.05) is 0 Å². The van der Waals surface area contributed by atoms with Gasteiger partial charge in [-0.3, -0.25) is 4.55 Å². The molecule has 0 heterocycles. The first kappa shape index (κ1) is 11.9. The summed E-state index contributed by atoms with van der Waals surface area (Å²) in [6, 6.07) is 4.25. The minimum absolute atomic E-state index is 0. The first-order valence-corrected chi connectivity index (χ1v) is 4.19. The van der Waals surface area contributed by atoms with Gasteiger partial charge in [-0.1, -0.05) is 12.1 Å². The molecule has 0 fully saturated rings. The minimum atomic E-state index is -4.16. The van der Waals surface area contributed by atoms with Crippen molar-refractivity contribution in [2.45, 2.75) is 4.90 Å². The van der Waals surface area contributed by atoms with E-state index in [-0.39, 0.29) is 40.2 Å². The van der Waals surface area contributed by atoms with Crippen molar-refractivity contribution in [1.29, 1.82) is 0 Å². The van der Waals surface area contributed by atoms with Crippen molar-refractivity contribution in [3.05, 3.63) is 24.3 Å². The molecule has 4 nitrogen and oxygen atoms in total. The second-order valence-corrected chi connectivity index (χ2v) is 3.37. The Morgan fingerprint density at radius 3 is 1.92 bits per heavy atom. The van der Waals surface area contributed by atoms with Crippen LogP contribution < -0.4 is 34.7 Å². The van der Waals surface area contributed by atoms with Crippen molar-refractivity contribution < 1.29 is 47.6 Å². The van der Waals surface area contributed by atoms with Gasteiger partial charge in [-0.2, -0.15) is 8.42 Å². The van der Waals surface area contributed by atoms with Gasteiger partial charge in [0.1, 0.15) is 0 Å². The van der Waals surface area contributed by atoms with E-state index in [1.807, 2.05) is 0 Å². The average Bonchev–Trinajstić information content (AvgIpc) is 1.86. The van der Waals surface area contributed by atoms with Crippen LogP contribution >= 0.6 is 0 Å². The van der Waals surface area contributed by atoms with Gasteiger partial charge < -0.3 is 5.11 Å². The molecular formula is C6H5NaO4S. The van der Waals surface area contributed by atoms with E-state index in [0.717, 1.165) is 24.3 Å². The molecule has 0 radical (unpaired) electrons. The summed E-state index contributed by atoms with van der Waals surface area (Å²) in [7, 11) is -4.16. The van der Waals surface area contributed by atoms with Gasteiger partial charge in [0.25, 0.3) is 10.1 Å². The van der Waals surface area contributed by atoms with Gasteiger partial charge in [-0.25, -0.2) is 0 Å². The summed E-state index contributed by atoms with van der Waals surface area (Å²) in [6.07, 6.45) is 0. The van der Waals surface area contributed by atoms with E-state index in [9.17, 15) is 13.5 Å². The van der Waals surface area contributed by atoms with Crippen LogP contribution in [0.5, 0.6) is 5.75 Å². The van der Waals surface area contributed by atoms with Crippen molar-refractivity contribution in [2.24, 2.45) is 0 Å². The van der Waals surface area contributed by atoms with Crippen LogP contribution in [0.25, 0.3) is 0 Å². The Bertz CT molecular complexity index is 342. The fourth-order valence-corrected chi connectivity index (χ4v) is 1.09. The molecule has 0 saturated carbocycles. The van der Waals surface area contributed by atoms with Crippen LogP contribution in [0.4, 0.5) is 0 Å². The maximum Gasteiger partial charge on any atom is 1.00 e. The smallest absolute Gasteiger partial charge is 0.872 e. The summed E-state index contributed by atoms with van der Waals surface area (Å²) in [6.45, 7) is 0. The Labute approximate surface area is 92.3 Å². The van der Waals surface area contributed by atoms with E-state index in [4.69, 9.17) is 4.55 Å². The van der Waals surface area contributed by atoms with Crippen molar-refractivity contribution in [3.63, 3.8) is 0 Å². The van der Waals surface area contributed by atoms with Gasteiger partial charge in [-0.15, -0.1) is 5.75 Å². The van der Waals surface area contributed by atoms with E-state index in [2.05, 4.69) is 0 Å². The summed E-state index contributed by atoms with van der Waals surface area (Å²) in [5, 5.41) is 10.5. The zero-order valence-corrected chi connectivity index (χ0v) is 9.21. The van der Waals surface area contributed by atoms with Gasteiger partial charge in [0.05, 0.1) is 4.90 Å². The fourth-order valence-electron chi connectivity index (χ4n) is 0.612. The largest absolute Gasteiger partial charge is 1.00 e. The molecule has 0 aliphatic heterocycles. The van der Waals surface area contributed by atoms with E-state index in [1.54, 1.807) is 0 Å². The van der Waals surface area contributed by atoms with Gasteiger partial charge in [0, 0.05) is 0 Å². The van der Waals surface area contributed by atoms with Crippen molar-refractivity contribution in [3.8, 4) is 5.75 Å². The Balaban J connectivity index is 0.00000121. The number of hydrogen-bond donors (Lipinski definition) is 1. The molecule has 1 N–H and O–H groups in total.